The van der Waals surface area contributed by atoms with Crippen LogP contribution in [0.5, 0.6) is 0 Å². The van der Waals surface area contributed by atoms with Crippen molar-refractivity contribution < 1.29 is 36.7 Å². The van der Waals surface area contributed by atoms with Crippen molar-refractivity contribution in [2.75, 3.05) is 12.4 Å². The van der Waals surface area contributed by atoms with Crippen LogP contribution < -0.4 is 16.0 Å². The van der Waals surface area contributed by atoms with E-state index in [9.17, 15) is 36.7 Å². The number of likely N-dealkylation sites (N-methyl/N-ethyl adjacent to an activating group) is 1. The van der Waals surface area contributed by atoms with Crippen molar-refractivity contribution >= 4 is 29.2 Å². The van der Waals surface area contributed by atoms with Crippen LogP contribution in [0.15, 0.2) is 18.2 Å². The van der Waals surface area contributed by atoms with Crippen LogP contribution in [0.25, 0.3) is 0 Å². The van der Waals surface area contributed by atoms with Crippen LogP contribution in [0.3, 0.4) is 0 Å². The Kier molecular flexibility index (Phi) is 5.68. The Labute approximate surface area is 208 Å². The molecule has 3 atom stereocenters. The van der Waals surface area contributed by atoms with Crippen molar-refractivity contribution in [2.45, 2.75) is 44.1 Å². The number of carbonyl (C=O) groups excluding carboxylic acids is 4. The normalized spacial score (nSPS) is 23.8. The first-order valence-electron chi connectivity index (χ1n) is 11.8. The number of ketones is 1. The molecule has 1 aromatic heterocycles. The van der Waals surface area contributed by atoms with E-state index in [4.69, 9.17) is 0 Å². The lowest BCUT2D eigenvalue weighted by molar-refractivity contribution is -0.164. The molecule has 3 amide bonds. The molecule has 0 spiro atoms. The Morgan fingerprint density at radius 3 is 2.30 bits per heavy atom. The molecular weight excluding hydrogens is 496 g/mol. The second-order valence-electron chi connectivity index (χ2n) is 10.1. The summed E-state index contributed by atoms with van der Waals surface area (Å²) in [6.07, 6.45) is -0.391. The van der Waals surface area contributed by atoms with E-state index in [2.05, 4.69) is 20.9 Å². The molecule has 1 heterocycles. The van der Waals surface area contributed by atoms with Gasteiger partial charge in [-0.15, -0.1) is 0 Å². The number of halogens is 4. The number of amides is 3. The van der Waals surface area contributed by atoms with Crippen LogP contribution in [0.2, 0.25) is 0 Å². The summed E-state index contributed by atoms with van der Waals surface area (Å²) in [6, 6.07) is 2.82. The number of fused-ring (bicyclic) bond motifs is 1. The molecule has 3 fully saturated rings. The number of Topliss-reactive ketones (excluding diaryl/α,β-unsaturated/α-hetero) is 1. The number of alkyl halides is 2. The molecule has 0 aliphatic heterocycles. The van der Waals surface area contributed by atoms with E-state index >= 15 is 0 Å². The van der Waals surface area contributed by atoms with Crippen LogP contribution in [0.1, 0.15) is 51.4 Å². The van der Waals surface area contributed by atoms with Gasteiger partial charge in [-0.1, -0.05) is 0 Å². The average molecular weight is 520 g/mol. The van der Waals surface area contributed by atoms with Crippen LogP contribution in [0.4, 0.5) is 23.2 Å². The first kappa shape index (κ1) is 25.0. The molecular formula is C25H24F4N4O4. The zero-order valence-electron chi connectivity index (χ0n) is 19.9. The Bertz CT molecular complexity index is 1340. The van der Waals surface area contributed by atoms with E-state index in [1.165, 1.54) is 20.0 Å². The van der Waals surface area contributed by atoms with Gasteiger partial charge < -0.3 is 20.9 Å². The number of H-pyrrole nitrogens is 1. The van der Waals surface area contributed by atoms with E-state index in [-0.39, 0.29) is 22.5 Å². The van der Waals surface area contributed by atoms with Gasteiger partial charge in [0.15, 0.2) is 11.6 Å². The summed E-state index contributed by atoms with van der Waals surface area (Å²) in [5, 5.41) is 6.86. The van der Waals surface area contributed by atoms with Crippen LogP contribution >= 0.6 is 0 Å². The highest BCUT2D eigenvalue weighted by atomic mass is 19.3. The summed E-state index contributed by atoms with van der Waals surface area (Å²) in [5.74, 6) is -7.92. The Morgan fingerprint density at radius 2 is 1.76 bits per heavy atom. The second kappa shape index (κ2) is 8.42. The van der Waals surface area contributed by atoms with E-state index < -0.39 is 59.4 Å². The lowest BCUT2D eigenvalue weighted by Gasteiger charge is -2.45. The highest BCUT2D eigenvalue weighted by Gasteiger charge is 2.64. The maximum atomic E-state index is 13.6. The van der Waals surface area contributed by atoms with Crippen LogP contribution in [-0.4, -0.2) is 47.0 Å². The van der Waals surface area contributed by atoms with Crippen molar-refractivity contribution in [1.29, 1.82) is 0 Å². The molecule has 3 saturated carbocycles. The molecule has 0 radical (unpaired) electrons. The summed E-state index contributed by atoms with van der Waals surface area (Å²) in [5.41, 5.74) is -1.58. The topological polar surface area (TPSA) is 120 Å². The average Bonchev–Trinajstić information content (AvgIpc) is 3.71. The Morgan fingerprint density at radius 1 is 1.08 bits per heavy atom. The van der Waals surface area contributed by atoms with E-state index in [0.717, 1.165) is 18.6 Å². The monoisotopic (exact) mass is 520 g/mol. The van der Waals surface area contributed by atoms with Gasteiger partial charge in [0.1, 0.15) is 11.2 Å². The van der Waals surface area contributed by atoms with E-state index in [1.807, 2.05) is 0 Å². The summed E-state index contributed by atoms with van der Waals surface area (Å²) in [4.78, 5) is 54.3. The van der Waals surface area contributed by atoms with Crippen molar-refractivity contribution in [2.24, 2.45) is 17.8 Å². The molecule has 5 rings (SSSR count). The van der Waals surface area contributed by atoms with Crippen LogP contribution in [0, 0.1) is 36.3 Å². The van der Waals surface area contributed by atoms with Crippen molar-refractivity contribution in [3.8, 4) is 0 Å². The Hall–Kier alpha value is -3.70. The predicted molar refractivity (Wildman–Crippen MR) is 122 cm³/mol. The number of hydrogen-bond acceptors (Lipinski definition) is 4. The lowest BCUT2D eigenvalue weighted by atomic mass is 9.72. The fourth-order valence-corrected chi connectivity index (χ4v) is 5.33. The number of aromatic nitrogens is 1. The first-order valence-corrected chi connectivity index (χ1v) is 11.8. The zero-order chi connectivity index (χ0) is 26.9. The SMILES string of the molecule is CNC(=O)C1(NC(=O)C(=O)c2c(CC3C4C[C@@H]34)[nH]c(C(=O)Nc3ccc(F)c(F)c3)c2C)CC(F)(F)C1. The summed E-state index contributed by atoms with van der Waals surface area (Å²) in [7, 11) is 1.24. The third kappa shape index (κ3) is 4.38. The molecule has 3 aliphatic carbocycles. The predicted octanol–water partition coefficient (Wildman–Crippen LogP) is 2.87. The molecule has 3 aliphatic rings. The maximum absolute atomic E-state index is 13.6. The van der Waals surface area contributed by atoms with Gasteiger partial charge in [-0.3, -0.25) is 19.2 Å². The number of hydrogen-bond donors (Lipinski definition) is 4. The zero-order valence-corrected chi connectivity index (χ0v) is 19.9. The lowest BCUT2D eigenvalue weighted by Crippen LogP contribution is -2.69. The summed E-state index contributed by atoms with van der Waals surface area (Å²) in [6.45, 7) is 1.44. The van der Waals surface area contributed by atoms with Gasteiger partial charge in [0.25, 0.3) is 23.5 Å². The quantitative estimate of drug-likeness (QED) is 0.243. The van der Waals surface area contributed by atoms with Gasteiger partial charge >= 0.3 is 0 Å². The standard InChI is InChI=1S/C25H24F4N4O4/c1-10-18(20(34)22(36)33-24(23(37)30-2)8-25(28,29)9-24)17(7-14-12-6-13(12)14)32-19(10)21(35)31-11-3-4-15(26)16(27)5-11/h3-5,12-14,32H,6-9H2,1-2H3,(H,30,37)(H,31,35)(H,33,36)/t12-,13?,14?/m1/s1. The molecule has 1 aromatic carbocycles. The number of rotatable bonds is 8. The number of anilines is 1. The highest BCUT2D eigenvalue weighted by molar-refractivity contribution is 6.44. The number of nitrogens with one attached hydrogen (secondary N) is 4. The van der Waals surface area contributed by atoms with Gasteiger partial charge in [-0.05, 0) is 55.2 Å². The molecule has 12 heteroatoms. The summed E-state index contributed by atoms with van der Waals surface area (Å²) < 4.78 is 54.1. The molecule has 37 heavy (non-hydrogen) atoms. The van der Waals surface area contributed by atoms with Crippen molar-refractivity contribution in [3.05, 3.63) is 52.3 Å². The van der Waals surface area contributed by atoms with Gasteiger partial charge in [0.2, 0.25) is 5.91 Å². The Balaban J connectivity index is 1.41. The number of benzene rings is 1. The second-order valence-corrected chi connectivity index (χ2v) is 10.1. The van der Waals surface area contributed by atoms with Gasteiger partial charge in [-0.2, -0.15) is 0 Å². The van der Waals surface area contributed by atoms with Crippen molar-refractivity contribution in [1.82, 2.24) is 15.6 Å². The molecule has 0 bridgehead atoms. The fraction of sp³-hybridized carbons (Fsp3) is 0.440. The number of carbonyl (C=O) groups is 4. The van der Waals surface area contributed by atoms with Gasteiger partial charge in [0.05, 0.1) is 5.56 Å². The van der Waals surface area contributed by atoms with Gasteiger partial charge in [-0.25, -0.2) is 17.6 Å². The molecule has 4 N–H and O–H groups in total. The number of aromatic amines is 1. The maximum Gasteiger partial charge on any atom is 0.293 e. The third-order valence-electron chi connectivity index (χ3n) is 7.59. The van der Waals surface area contributed by atoms with Crippen LogP contribution in [-0.2, 0) is 16.0 Å². The molecule has 8 nitrogen and oxygen atoms in total. The van der Waals surface area contributed by atoms with Gasteiger partial charge in [0, 0.05) is 37.3 Å². The highest BCUT2D eigenvalue weighted by Crippen LogP contribution is 2.69. The summed E-state index contributed by atoms with van der Waals surface area (Å²) >= 11 is 0. The fourth-order valence-electron chi connectivity index (χ4n) is 5.33. The first-order chi connectivity index (χ1) is 17.4. The molecule has 2 unspecified atom stereocenters. The minimum Gasteiger partial charge on any atom is -0.357 e. The minimum atomic E-state index is -3.16. The largest absolute Gasteiger partial charge is 0.357 e. The molecule has 196 valence electrons. The molecule has 2 aromatic rings. The molecule has 0 saturated heterocycles. The minimum absolute atomic E-state index is 0.0214. The van der Waals surface area contributed by atoms with E-state index in [1.54, 1.807) is 0 Å². The third-order valence-corrected chi connectivity index (χ3v) is 7.59. The van der Waals surface area contributed by atoms with E-state index in [0.29, 0.717) is 29.9 Å². The van der Waals surface area contributed by atoms with Crippen molar-refractivity contribution in [3.63, 3.8) is 0 Å². The smallest absolute Gasteiger partial charge is 0.293 e.